The van der Waals surface area contributed by atoms with Crippen LogP contribution in [-0.2, 0) is 11.2 Å². The lowest BCUT2D eigenvalue weighted by Crippen LogP contribution is -2.26. The number of nitrogens with one attached hydrogen (secondary N) is 1. The molecule has 96 valence electrons. The van der Waals surface area contributed by atoms with Crippen molar-refractivity contribution < 1.29 is 9.26 Å². The standard InChI is InChI=1S/C11H19N3O2S/c1-3-8(12-2)6-10-13-11(14-16-10)9-7-17-5-4-15-9/h8-9,12H,3-7H2,1-2H3. The van der Waals surface area contributed by atoms with Crippen LogP contribution >= 0.6 is 11.8 Å². The van der Waals surface area contributed by atoms with Gasteiger partial charge in [0, 0.05) is 24.0 Å². The fourth-order valence-corrected chi connectivity index (χ4v) is 2.62. The minimum atomic E-state index is 0.000845. The van der Waals surface area contributed by atoms with Crippen LogP contribution in [0.2, 0.25) is 0 Å². The quantitative estimate of drug-likeness (QED) is 0.860. The number of ether oxygens (including phenoxy) is 1. The van der Waals surface area contributed by atoms with Gasteiger partial charge in [-0.2, -0.15) is 16.7 Å². The van der Waals surface area contributed by atoms with Crippen LogP contribution in [0.25, 0.3) is 0 Å². The highest BCUT2D eigenvalue weighted by Crippen LogP contribution is 2.24. The Hall–Kier alpha value is -0.590. The first kappa shape index (κ1) is 12.9. The number of thioether (sulfide) groups is 1. The summed E-state index contributed by atoms with van der Waals surface area (Å²) in [6, 6.07) is 0.393. The topological polar surface area (TPSA) is 60.2 Å². The van der Waals surface area contributed by atoms with E-state index in [9.17, 15) is 0 Å². The van der Waals surface area contributed by atoms with Crippen LogP contribution in [0.5, 0.6) is 0 Å². The molecule has 2 rings (SSSR count). The molecule has 0 bridgehead atoms. The summed E-state index contributed by atoms with van der Waals surface area (Å²) in [5.41, 5.74) is 0. The van der Waals surface area contributed by atoms with Gasteiger partial charge < -0.3 is 14.6 Å². The van der Waals surface area contributed by atoms with Crippen molar-refractivity contribution in [2.75, 3.05) is 25.2 Å². The van der Waals surface area contributed by atoms with Crippen LogP contribution < -0.4 is 5.32 Å². The molecule has 1 N–H and O–H groups in total. The third-order valence-electron chi connectivity index (χ3n) is 2.91. The van der Waals surface area contributed by atoms with Gasteiger partial charge in [0.15, 0.2) is 0 Å². The summed E-state index contributed by atoms with van der Waals surface area (Å²) in [6.45, 7) is 2.91. The Kier molecular flexibility index (Phi) is 4.82. The highest BCUT2D eigenvalue weighted by molar-refractivity contribution is 7.99. The first-order valence-corrected chi connectivity index (χ1v) is 7.18. The van der Waals surface area contributed by atoms with Crippen LogP contribution in [0, 0.1) is 0 Å². The van der Waals surface area contributed by atoms with E-state index in [-0.39, 0.29) is 6.10 Å². The summed E-state index contributed by atoms with van der Waals surface area (Å²) in [7, 11) is 1.95. The maximum atomic E-state index is 5.61. The van der Waals surface area contributed by atoms with Crippen molar-refractivity contribution in [1.29, 1.82) is 0 Å². The average molecular weight is 257 g/mol. The lowest BCUT2D eigenvalue weighted by atomic mass is 10.1. The smallest absolute Gasteiger partial charge is 0.228 e. The molecule has 2 atom stereocenters. The second kappa shape index (κ2) is 6.37. The van der Waals surface area contributed by atoms with Crippen molar-refractivity contribution in [3.05, 3.63) is 11.7 Å². The Balaban J connectivity index is 1.94. The number of hydrogen-bond donors (Lipinski definition) is 1. The number of hydrogen-bond acceptors (Lipinski definition) is 6. The van der Waals surface area contributed by atoms with Crippen molar-refractivity contribution in [2.24, 2.45) is 0 Å². The largest absolute Gasteiger partial charge is 0.368 e. The van der Waals surface area contributed by atoms with Crippen LogP contribution in [-0.4, -0.2) is 41.3 Å². The molecular weight excluding hydrogens is 238 g/mol. The highest BCUT2D eigenvalue weighted by Gasteiger charge is 2.22. The molecule has 1 aliphatic rings. The number of likely N-dealkylation sites (N-methyl/N-ethyl adjacent to an activating group) is 1. The van der Waals surface area contributed by atoms with E-state index in [0.29, 0.717) is 17.8 Å². The number of aromatic nitrogens is 2. The zero-order valence-corrected chi connectivity index (χ0v) is 11.1. The van der Waals surface area contributed by atoms with E-state index >= 15 is 0 Å². The van der Waals surface area contributed by atoms with Crippen LogP contribution in [0.15, 0.2) is 4.52 Å². The second-order valence-corrected chi connectivity index (χ2v) is 5.23. The second-order valence-electron chi connectivity index (χ2n) is 4.08. The van der Waals surface area contributed by atoms with Gasteiger partial charge in [-0.15, -0.1) is 0 Å². The van der Waals surface area contributed by atoms with Gasteiger partial charge in [0.2, 0.25) is 11.7 Å². The van der Waals surface area contributed by atoms with E-state index in [2.05, 4.69) is 22.4 Å². The van der Waals surface area contributed by atoms with Gasteiger partial charge in [-0.25, -0.2) is 0 Å². The Bertz CT molecular complexity index is 335. The molecule has 17 heavy (non-hydrogen) atoms. The van der Waals surface area contributed by atoms with E-state index < -0.39 is 0 Å². The zero-order valence-electron chi connectivity index (χ0n) is 10.3. The van der Waals surface area contributed by atoms with Crippen molar-refractivity contribution >= 4 is 11.8 Å². The van der Waals surface area contributed by atoms with E-state index in [0.717, 1.165) is 31.0 Å². The first-order chi connectivity index (χ1) is 8.33. The van der Waals surface area contributed by atoms with Crippen molar-refractivity contribution in [1.82, 2.24) is 15.5 Å². The average Bonchev–Trinajstić information content (AvgIpc) is 2.85. The Morgan fingerprint density at radius 3 is 3.12 bits per heavy atom. The Labute approximate surface area is 106 Å². The summed E-state index contributed by atoms with van der Waals surface area (Å²) in [4.78, 5) is 4.41. The van der Waals surface area contributed by atoms with Crippen LogP contribution in [0.3, 0.4) is 0 Å². The molecule has 1 aromatic rings. The molecule has 0 aromatic carbocycles. The molecule has 5 nitrogen and oxygen atoms in total. The molecule has 6 heteroatoms. The highest BCUT2D eigenvalue weighted by atomic mass is 32.2. The molecule has 0 saturated carbocycles. The normalized spacial score (nSPS) is 22.6. The molecule has 1 saturated heterocycles. The van der Waals surface area contributed by atoms with Crippen molar-refractivity contribution in [3.63, 3.8) is 0 Å². The SMILES string of the molecule is CCC(Cc1nc(C2CSCCO2)no1)NC. The monoisotopic (exact) mass is 257 g/mol. The molecular formula is C11H19N3O2S. The Morgan fingerprint density at radius 2 is 2.47 bits per heavy atom. The van der Waals surface area contributed by atoms with Crippen LogP contribution in [0.1, 0.15) is 31.2 Å². The first-order valence-electron chi connectivity index (χ1n) is 6.02. The van der Waals surface area contributed by atoms with Gasteiger partial charge in [0.05, 0.1) is 6.61 Å². The van der Waals surface area contributed by atoms with Gasteiger partial charge in [0.1, 0.15) is 6.10 Å². The molecule has 0 aliphatic carbocycles. The van der Waals surface area contributed by atoms with Crippen molar-refractivity contribution in [2.45, 2.75) is 31.9 Å². The van der Waals surface area contributed by atoms with Crippen molar-refractivity contribution in [3.8, 4) is 0 Å². The molecule has 0 spiro atoms. The van der Waals surface area contributed by atoms with Gasteiger partial charge in [-0.1, -0.05) is 12.1 Å². The molecule has 1 fully saturated rings. The van der Waals surface area contributed by atoms with Gasteiger partial charge in [0.25, 0.3) is 0 Å². The summed E-state index contributed by atoms with van der Waals surface area (Å²) >= 11 is 1.87. The Morgan fingerprint density at radius 1 is 1.59 bits per heavy atom. The summed E-state index contributed by atoms with van der Waals surface area (Å²) in [6.07, 6.45) is 1.82. The number of rotatable bonds is 5. The molecule has 1 aliphatic heterocycles. The predicted molar refractivity (Wildman–Crippen MR) is 67.2 cm³/mol. The van der Waals surface area contributed by atoms with E-state index in [1.807, 2.05) is 18.8 Å². The van der Waals surface area contributed by atoms with E-state index in [1.54, 1.807) is 0 Å². The minimum Gasteiger partial charge on any atom is -0.368 e. The summed E-state index contributed by atoms with van der Waals surface area (Å²) in [5, 5.41) is 7.24. The van der Waals surface area contributed by atoms with Gasteiger partial charge in [-0.3, -0.25) is 0 Å². The van der Waals surface area contributed by atoms with E-state index in [4.69, 9.17) is 9.26 Å². The van der Waals surface area contributed by atoms with Gasteiger partial charge >= 0.3 is 0 Å². The third-order valence-corrected chi connectivity index (χ3v) is 3.90. The summed E-state index contributed by atoms with van der Waals surface area (Å²) in [5.74, 6) is 3.36. The maximum Gasteiger partial charge on any atom is 0.228 e. The number of nitrogens with zero attached hydrogens (tertiary/aromatic N) is 2. The predicted octanol–water partition coefficient (Wildman–Crippen LogP) is 1.41. The lowest BCUT2D eigenvalue weighted by molar-refractivity contribution is 0.0677. The minimum absolute atomic E-state index is 0.000845. The van der Waals surface area contributed by atoms with Gasteiger partial charge in [-0.05, 0) is 13.5 Å². The fraction of sp³-hybridized carbons (Fsp3) is 0.818. The summed E-state index contributed by atoms with van der Waals surface area (Å²) < 4.78 is 10.9. The van der Waals surface area contributed by atoms with Crippen LogP contribution in [0.4, 0.5) is 0 Å². The third kappa shape index (κ3) is 3.43. The lowest BCUT2D eigenvalue weighted by Gasteiger charge is -2.18. The fourth-order valence-electron chi connectivity index (χ4n) is 1.78. The molecule has 0 radical (unpaired) electrons. The molecule has 1 aromatic heterocycles. The van der Waals surface area contributed by atoms with E-state index in [1.165, 1.54) is 0 Å². The molecule has 0 amide bonds. The zero-order chi connectivity index (χ0) is 12.1. The molecule has 2 unspecified atom stereocenters. The molecule has 2 heterocycles. The maximum absolute atomic E-state index is 5.61.